The van der Waals surface area contributed by atoms with E-state index in [0.717, 1.165) is 18.2 Å². The fourth-order valence-electron chi connectivity index (χ4n) is 2.31. The molecule has 3 aromatic carbocycles. The molecule has 0 amide bonds. The standard InChI is InChI=1S/C16H11ClFN3O3S.Na/c17-12-7-9(18)5-6-13(12)20-21-14-8-15(25(22,23)24)10-3-1-2-4-11(10)16(14)19;/h1-8H,19H2,(H,22,23,24);/q;+1/p-1. The molecule has 0 atom stereocenters. The third kappa shape index (κ3) is 4.22. The van der Waals surface area contributed by atoms with Crippen molar-refractivity contribution >= 4 is 49.6 Å². The van der Waals surface area contributed by atoms with Gasteiger partial charge in [0.25, 0.3) is 0 Å². The van der Waals surface area contributed by atoms with Crippen molar-refractivity contribution in [2.75, 3.05) is 5.73 Å². The second kappa shape index (κ2) is 7.99. The van der Waals surface area contributed by atoms with E-state index in [2.05, 4.69) is 10.2 Å². The van der Waals surface area contributed by atoms with Crippen molar-refractivity contribution in [2.45, 2.75) is 4.90 Å². The van der Waals surface area contributed by atoms with Gasteiger partial charge in [0, 0.05) is 10.8 Å². The van der Waals surface area contributed by atoms with E-state index in [1.165, 1.54) is 12.1 Å². The molecule has 128 valence electrons. The largest absolute Gasteiger partial charge is 1.00 e. The Bertz CT molecular complexity index is 1120. The molecule has 0 heterocycles. The second-order valence-electron chi connectivity index (χ2n) is 5.10. The molecule has 0 fully saturated rings. The average molecular weight is 402 g/mol. The summed E-state index contributed by atoms with van der Waals surface area (Å²) in [6, 6.07) is 10.9. The van der Waals surface area contributed by atoms with Gasteiger partial charge in [0.1, 0.15) is 27.3 Å². The minimum atomic E-state index is -4.75. The number of hydrogen-bond donors (Lipinski definition) is 1. The molecule has 0 saturated heterocycles. The molecule has 0 bridgehead atoms. The number of hydrogen-bond acceptors (Lipinski definition) is 6. The summed E-state index contributed by atoms with van der Waals surface area (Å²) in [5, 5.41) is 8.33. The van der Waals surface area contributed by atoms with Crippen LogP contribution in [0.2, 0.25) is 5.02 Å². The summed E-state index contributed by atoms with van der Waals surface area (Å²) < 4.78 is 47.7. The van der Waals surface area contributed by atoms with Crippen LogP contribution in [-0.4, -0.2) is 13.0 Å². The van der Waals surface area contributed by atoms with E-state index >= 15 is 0 Å². The minimum Gasteiger partial charge on any atom is -0.744 e. The van der Waals surface area contributed by atoms with Gasteiger partial charge < -0.3 is 10.3 Å². The maximum atomic E-state index is 13.1. The van der Waals surface area contributed by atoms with Crippen molar-refractivity contribution in [1.82, 2.24) is 0 Å². The smallest absolute Gasteiger partial charge is 0.744 e. The van der Waals surface area contributed by atoms with Gasteiger partial charge in [-0.1, -0.05) is 35.9 Å². The van der Waals surface area contributed by atoms with Crippen molar-refractivity contribution in [3.63, 3.8) is 0 Å². The van der Waals surface area contributed by atoms with Crippen LogP contribution in [0.25, 0.3) is 10.8 Å². The SMILES string of the molecule is Nc1c(N=Nc2ccc(F)cc2Cl)cc(S(=O)(=O)[O-])c2ccccc12.[Na+]. The average Bonchev–Trinajstić information content (AvgIpc) is 2.54. The van der Waals surface area contributed by atoms with Gasteiger partial charge in [-0.25, -0.2) is 12.8 Å². The Morgan fingerprint density at radius 3 is 2.23 bits per heavy atom. The van der Waals surface area contributed by atoms with E-state index in [1.54, 1.807) is 18.2 Å². The van der Waals surface area contributed by atoms with E-state index in [9.17, 15) is 17.4 Å². The maximum absolute atomic E-state index is 13.1. The van der Waals surface area contributed by atoms with Gasteiger partial charge in [-0.3, -0.25) is 0 Å². The maximum Gasteiger partial charge on any atom is 1.00 e. The molecule has 0 aliphatic rings. The third-order valence-corrected chi connectivity index (χ3v) is 4.65. The van der Waals surface area contributed by atoms with Crippen LogP contribution in [-0.2, 0) is 10.1 Å². The molecule has 26 heavy (non-hydrogen) atoms. The molecule has 10 heteroatoms. The van der Waals surface area contributed by atoms with Crippen LogP contribution in [0.4, 0.5) is 21.5 Å². The van der Waals surface area contributed by atoms with Crippen molar-refractivity contribution in [3.8, 4) is 0 Å². The first-order chi connectivity index (χ1) is 11.8. The van der Waals surface area contributed by atoms with Crippen LogP contribution < -0.4 is 35.3 Å². The summed E-state index contributed by atoms with van der Waals surface area (Å²) in [6.07, 6.45) is 0. The van der Waals surface area contributed by atoms with Crippen molar-refractivity contribution in [1.29, 1.82) is 0 Å². The number of fused-ring (bicyclic) bond motifs is 1. The quantitative estimate of drug-likeness (QED) is 0.311. The summed E-state index contributed by atoms with van der Waals surface area (Å²) in [6.45, 7) is 0. The number of nitrogens with two attached hydrogens (primary N) is 1. The topological polar surface area (TPSA) is 108 Å². The summed E-state index contributed by atoms with van der Waals surface area (Å²) in [5.41, 5.74) is 6.33. The molecule has 0 spiro atoms. The monoisotopic (exact) mass is 401 g/mol. The second-order valence-corrected chi connectivity index (χ2v) is 6.86. The van der Waals surface area contributed by atoms with E-state index in [1.807, 2.05) is 0 Å². The van der Waals surface area contributed by atoms with Gasteiger partial charge in [0.2, 0.25) is 0 Å². The van der Waals surface area contributed by atoms with Crippen molar-refractivity contribution in [2.24, 2.45) is 10.2 Å². The Morgan fingerprint density at radius 2 is 1.62 bits per heavy atom. The number of anilines is 1. The van der Waals surface area contributed by atoms with Crippen molar-refractivity contribution < 1.29 is 46.9 Å². The van der Waals surface area contributed by atoms with E-state index < -0.39 is 20.8 Å². The Hall–Kier alpha value is -1.55. The molecule has 0 radical (unpaired) electrons. The fraction of sp³-hybridized carbons (Fsp3) is 0. The molecule has 3 rings (SSSR count). The molecule has 3 aromatic rings. The van der Waals surface area contributed by atoms with Gasteiger partial charge >= 0.3 is 29.6 Å². The molecule has 0 saturated carbocycles. The Balaban J connectivity index is 0.00000243. The van der Waals surface area contributed by atoms with Gasteiger partial charge in [-0.2, -0.15) is 0 Å². The number of nitrogens with zero attached hydrogens (tertiary/aromatic N) is 2. The van der Waals surface area contributed by atoms with Gasteiger partial charge in [-0.15, -0.1) is 10.2 Å². The number of nitrogen functional groups attached to an aromatic ring is 1. The minimum absolute atomic E-state index is 0. The van der Waals surface area contributed by atoms with Crippen molar-refractivity contribution in [3.05, 3.63) is 59.4 Å². The van der Waals surface area contributed by atoms with Crippen LogP contribution in [0.5, 0.6) is 0 Å². The molecule has 6 nitrogen and oxygen atoms in total. The van der Waals surface area contributed by atoms with Gasteiger partial charge in [-0.05, 0) is 24.3 Å². The zero-order chi connectivity index (χ0) is 18.2. The van der Waals surface area contributed by atoms with Gasteiger partial charge in [0.05, 0.1) is 15.6 Å². The molecule has 0 aliphatic heterocycles. The van der Waals surface area contributed by atoms with Crippen LogP contribution in [0.1, 0.15) is 0 Å². The Morgan fingerprint density at radius 1 is 1.00 bits per heavy atom. The van der Waals surface area contributed by atoms with E-state index in [0.29, 0.717) is 5.39 Å². The van der Waals surface area contributed by atoms with E-state index in [-0.39, 0.29) is 57.0 Å². The molecule has 0 aliphatic carbocycles. The first-order valence-corrected chi connectivity index (χ1v) is 8.70. The summed E-state index contributed by atoms with van der Waals surface area (Å²) in [7, 11) is -4.75. The molecule has 0 aromatic heterocycles. The predicted molar refractivity (Wildman–Crippen MR) is 91.9 cm³/mol. The number of rotatable bonds is 3. The fourth-order valence-corrected chi connectivity index (χ4v) is 3.22. The number of azo groups is 1. The summed E-state index contributed by atoms with van der Waals surface area (Å²) in [4.78, 5) is -0.448. The van der Waals surface area contributed by atoms with Crippen LogP contribution in [0.15, 0.2) is 63.7 Å². The Labute approximate surface area is 175 Å². The van der Waals surface area contributed by atoms with Crippen LogP contribution in [0.3, 0.4) is 0 Å². The first-order valence-electron chi connectivity index (χ1n) is 6.91. The molecule has 0 unspecified atom stereocenters. The first kappa shape index (κ1) is 20.8. The van der Waals surface area contributed by atoms with Gasteiger partial charge in [0.15, 0.2) is 0 Å². The number of benzene rings is 3. The third-order valence-electron chi connectivity index (χ3n) is 3.47. The van der Waals surface area contributed by atoms with Crippen LogP contribution >= 0.6 is 11.6 Å². The zero-order valence-electron chi connectivity index (χ0n) is 13.5. The van der Waals surface area contributed by atoms with Crippen LogP contribution in [0, 0.1) is 5.82 Å². The molecular formula is C16H10ClFN3NaO3S. The molecule has 2 N–H and O–H groups in total. The molecular weight excluding hydrogens is 392 g/mol. The normalized spacial score (nSPS) is 11.7. The van der Waals surface area contributed by atoms with E-state index in [4.69, 9.17) is 17.3 Å². The zero-order valence-corrected chi connectivity index (χ0v) is 17.1. The summed E-state index contributed by atoms with van der Waals surface area (Å²) in [5.74, 6) is -0.533. The number of halogens is 2. The predicted octanol–water partition coefficient (Wildman–Crippen LogP) is 1.54. The Kier molecular flexibility index (Phi) is 6.38. The summed E-state index contributed by atoms with van der Waals surface area (Å²) >= 11 is 5.86.